The van der Waals surface area contributed by atoms with E-state index in [1.807, 2.05) is 31.3 Å². The molecular formula is C21H23FN4O. The highest BCUT2D eigenvalue weighted by Gasteiger charge is 2.20. The molecule has 1 fully saturated rings. The zero-order valence-electron chi connectivity index (χ0n) is 15.6. The minimum absolute atomic E-state index is 0.238. The predicted octanol–water partition coefficient (Wildman–Crippen LogP) is 3.00. The highest BCUT2D eigenvalue weighted by Crippen LogP contribution is 2.21. The first-order chi connectivity index (χ1) is 13.0. The van der Waals surface area contributed by atoms with Crippen LogP contribution in [0.3, 0.4) is 0 Å². The standard InChI is InChI=1S/C21H23FN4O/c1-14-3-6-18(23-12-14)26-9-7-25(8-10-26)13-17-5-4-16-11-15(2)21(27)24-20(16)19(17)22/h3-6,11-12H,7-10,13H2,1-2H3,(H,24,27). The number of fused-ring (bicyclic) bond motifs is 1. The zero-order valence-corrected chi connectivity index (χ0v) is 15.6. The number of benzene rings is 1. The molecule has 140 valence electrons. The van der Waals surface area contributed by atoms with Crippen molar-refractivity contribution in [2.75, 3.05) is 31.1 Å². The number of piperazine rings is 1. The van der Waals surface area contributed by atoms with Crippen LogP contribution in [0, 0.1) is 19.7 Å². The molecule has 1 aromatic carbocycles. The average molecular weight is 366 g/mol. The van der Waals surface area contributed by atoms with E-state index in [4.69, 9.17) is 0 Å². The maximum Gasteiger partial charge on any atom is 0.251 e. The van der Waals surface area contributed by atoms with Crippen molar-refractivity contribution in [1.29, 1.82) is 0 Å². The molecule has 0 bridgehead atoms. The van der Waals surface area contributed by atoms with Gasteiger partial charge in [-0.1, -0.05) is 18.2 Å². The second kappa shape index (κ2) is 7.12. The number of pyridine rings is 2. The Labute approximate surface area is 157 Å². The van der Waals surface area contributed by atoms with Gasteiger partial charge in [-0.2, -0.15) is 0 Å². The second-order valence-electron chi connectivity index (χ2n) is 7.24. The van der Waals surface area contributed by atoms with Crippen LogP contribution in [0.5, 0.6) is 0 Å². The number of anilines is 1. The van der Waals surface area contributed by atoms with Gasteiger partial charge in [0.25, 0.3) is 5.56 Å². The summed E-state index contributed by atoms with van der Waals surface area (Å²) in [6.07, 6.45) is 1.88. The number of halogens is 1. The monoisotopic (exact) mass is 366 g/mol. The van der Waals surface area contributed by atoms with Gasteiger partial charge in [-0.05, 0) is 31.5 Å². The summed E-state index contributed by atoms with van der Waals surface area (Å²) in [4.78, 5) is 23.5. The number of nitrogens with zero attached hydrogens (tertiary/aromatic N) is 3. The number of rotatable bonds is 3. The Morgan fingerprint density at radius 1 is 1.11 bits per heavy atom. The van der Waals surface area contributed by atoms with Crippen molar-refractivity contribution in [3.63, 3.8) is 0 Å². The number of hydrogen-bond donors (Lipinski definition) is 1. The number of aryl methyl sites for hydroxylation is 2. The highest BCUT2D eigenvalue weighted by molar-refractivity contribution is 5.80. The van der Waals surface area contributed by atoms with Crippen LogP contribution in [-0.2, 0) is 6.54 Å². The summed E-state index contributed by atoms with van der Waals surface area (Å²) in [7, 11) is 0. The van der Waals surface area contributed by atoms with Gasteiger partial charge in [0, 0.05) is 55.4 Å². The molecule has 1 aliphatic heterocycles. The van der Waals surface area contributed by atoms with E-state index < -0.39 is 0 Å². The van der Waals surface area contributed by atoms with Gasteiger partial charge in [0.2, 0.25) is 0 Å². The topological polar surface area (TPSA) is 52.2 Å². The third-order valence-electron chi connectivity index (χ3n) is 5.21. The summed E-state index contributed by atoms with van der Waals surface area (Å²) in [5.74, 6) is 0.664. The molecule has 3 aromatic rings. The van der Waals surface area contributed by atoms with Crippen LogP contribution in [0.2, 0.25) is 0 Å². The molecule has 1 N–H and O–H groups in total. The normalized spacial score (nSPS) is 15.4. The summed E-state index contributed by atoms with van der Waals surface area (Å²) in [5.41, 5.74) is 2.42. The van der Waals surface area contributed by atoms with Crippen LogP contribution in [0.15, 0.2) is 41.3 Å². The molecule has 0 amide bonds. The predicted molar refractivity (Wildman–Crippen MR) is 106 cm³/mol. The van der Waals surface area contributed by atoms with E-state index >= 15 is 0 Å². The van der Waals surface area contributed by atoms with Crippen molar-refractivity contribution >= 4 is 16.7 Å². The van der Waals surface area contributed by atoms with Crippen molar-refractivity contribution in [2.24, 2.45) is 0 Å². The van der Waals surface area contributed by atoms with Crippen LogP contribution in [0.1, 0.15) is 16.7 Å². The van der Waals surface area contributed by atoms with Gasteiger partial charge in [-0.15, -0.1) is 0 Å². The Kier molecular flexibility index (Phi) is 4.66. The van der Waals surface area contributed by atoms with Crippen molar-refractivity contribution in [1.82, 2.24) is 14.9 Å². The van der Waals surface area contributed by atoms with E-state index in [-0.39, 0.29) is 11.4 Å². The maximum atomic E-state index is 14.9. The van der Waals surface area contributed by atoms with Gasteiger partial charge in [0.05, 0.1) is 5.52 Å². The lowest BCUT2D eigenvalue weighted by atomic mass is 10.1. The molecule has 0 aliphatic carbocycles. The van der Waals surface area contributed by atoms with Gasteiger partial charge < -0.3 is 9.88 Å². The number of aromatic amines is 1. The van der Waals surface area contributed by atoms with Crippen molar-refractivity contribution in [3.05, 3.63) is 69.4 Å². The largest absolute Gasteiger partial charge is 0.354 e. The fraction of sp³-hybridized carbons (Fsp3) is 0.333. The number of nitrogens with one attached hydrogen (secondary N) is 1. The Bertz CT molecular complexity index is 1020. The summed E-state index contributed by atoms with van der Waals surface area (Å²) in [5, 5.41) is 0.726. The van der Waals surface area contributed by atoms with Gasteiger partial charge in [-0.3, -0.25) is 9.69 Å². The summed E-state index contributed by atoms with van der Waals surface area (Å²) < 4.78 is 14.9. The van der Waals surface area contributed by atoms with Gasteiger partial charge in [-0.25, -0.2) is 9.37 Å². The fourth-order valence-electron chi connectivity index (χ4n) is 3.54. The van der Waals surface area contributed by atoms with Crippen molar-refractivity contribution in [2.45, 2.75) is 20.4 Å². The lowest BCUT2D eigenvalue weighted by Crippen LogP contribution is -2.46. The van der Waals surface area contributed by atoms with Crippen LogP contribution in [0.25, 0.3) is 10.9 Å². The van der Waals surface area contributed by atoms with Crippen molar-refractivity contribution in [3.8, 4) is 0 Å². The minimum atomic E-state index is -0.327. The third kappa shape index (κ3) is 3.57. The summed E-state index contributed by atoms with van der Waals surface area (Å²) >= 11 is 0. The second-order valence-corrected chi connectivity index (χ2v) is 7.24. The molecule has 1 aliphatic rings. The summed E-state index contributed by atoms with van der Waals surface area (Å²) in [6.45, 7) is 7.71. The molecule has 6 heteroatoms. The molecule has 0 spiro atoms. The first-order valence-electron chi connectivity index (χ1n) is 9.22. The molecule has 0 radical (unpaired) electrons. The van der Waals surface area contributed by atoms with Crippen LogP contribution in [-0.4, -0.2) is 41.0 Å². The minimum Gasteiger partial charge on any atom is -0.354 e. The lowest BCUT2D eigenvalue weighted by Gasteiger charge is -2.35. The molecule has 0 atom stereocenters. The lowest BCUT2D eigenvalue weighted by molar-refractivity contribution is 0.246. The smallest absolute Gasteiger partial charge is 0.251 e. The molecule has 1 saturated heterocycles. The zero-order chi connectivity index (χ0) is 19.0. The Morgan fingerprint density at radius 2 is 1.89 bits per heavy atom. The van der Waals surface area contributed by atoms with E-state index in [2.05, 4.69) is 25.8 Å². The van der Waals surface area contributed by atoms with Gasteiger partial charge in [0.15, 0.2) is 5.82 Å². The van der Waals surface area contributed by atoms with Crippen LogP contribution in [0.4, 0.5) is 10.2 Å². The molecule has 0 saturated carbocycles. The van der Waals surface area contributed by atoms with E-state index in [0.29, 0.717) is 23.2 Å². The van der Waals surface area contributed by atoms with E-state index in [1.54, 1.807) is 13.0 Å². The first kappa shape index (κ1) is 17.7. The average Bonchev–Trinajstić information content (AvgIpc) is 2.67. The van der Waals surface area contributed by atoms with E-state index in [9.17, 15) is 9.18 Å². The van der Waals surface area contributed by atoms with Gasteiger partial charge in [0.1, 0.15) is 5.82 Å². The third-order valence-corrected chi connectivity index (χ3v) is 5.21. The van der Waals surface area contributed by atoms with E-state index in [1.165, 1.54) is 0 Å². The molecule has 4 rings (SSSR count). The number of H-pyrrole nitrogens is 1. The van der Waals surface area contributed by atoms with E-state index in [0.717, 1.165) is 42.9 Å². The maximum absolute atomic E-state index is 14.9. The molecule has 0 unspecified atom stereocenters. The van der Waals surface area contributed by atoms with Crippen LogP contribution >= 0.6 is 0 Å². The molecule has 2 aromatic heterocycles. The fourth-order valence-corrected chi connectivity index (χ4v) is 3.54. The number of hydrogen-bond acceptors (Lipinski definition) is 4. The number of aromatic nitrogens is 2. The summed E-state index contributed by atoms with van der Waals surface area (Å²) in [6, 6.07) is 9.55. The highest BCUT2D eigenvalue weighted by atomic mass is 19.1. The van der Waals surface area contributed by atoms with Gasteiger partial charge >= 0.3 is 0 Å². The Hall–Kier alpha value is -2.73. The van der Waals surface area contributed by atoms with Crippen molar-refractivity contribution < 1.29 is 4.39 Å². The molecule has 5 nitrogen and oxygen atoms in total. The quantitative estimate of drug-likeness (QED) is 0.774. The first-order valence-corrected chi connectivity index (χ1v) is 9.22. The molecular weight excluding hydrogens is 343 g/mol. The molecule has 3 heterocycles. The molecule has 27 heavy (non-hydrogen) atoms. The Balaban J connectivity index is 1.47. The SMILES string of the molecule is Cc1ccc(N2CCN(Cc3ccc4cc(C)c(=O)[nH]c4c3F)CC2)nc1. The Morgan fingerprint density at radius 3 is 2.59 bits per heavy atom. The van der Waals surface area contributed by atoms with Crippen LogP contribution < -0.4 is 10.5 Å².